The Morgan fingerprint density at radius 3 is 2.59 bits per heavy atom. The van der Waals surface area contributed by atoms with E-state index in [-0.39, 0.29) is 12.1 Å². The summed E-state index contributed by atoms with van der Waals surface area (Å²) >= 11 is 6.24. The molecule has 0 bridgehead atoms. The summed E-state index contributed by atoms with van der Waals surface area (Å²) in [5.41, 5.74) is 7.23. The quantitative estimate of drug-likeness (QED) is 0.592. The minimum Gasteiger partial charge on any atom is -0.495 e. The fourth-order valence-electron chi connectivity index (χ4n) is 4.38. The number of benzene rings is 1. The lowest BCUT2D eigenvalue weighted by molar-refractivity contribution is 0.211. The summed E-state index contributed by atoms with van der Waals surface area (Å²) in [4.78, 5) is 7.49. The monoisotopic (exact) mass is 392 g/mol. The van der Waals surface area contributed by atoms with Crippen LogP contribution in [0.3, 0.4) is 0 Å². The van der Waals surface area contributed by atoms with Crippen LogP contribution in [0.4, 0.5) is 5.69 Å². The Hall–Kier alpha value is -1.46. The second kappa shape index (κ2) is 9.16. The lowest BCUT2D eigenvalue weighted by atomic mass is 9.91. The number of anilines is 1. The van der Waals surface area contributed by atoms with Crippen LogP contribution < -0.4 is 15.8 Å². The minimum atomic E-state index is 0.136. The number of nitrogens with one attached hydrogen (secondary N) is 1. The molecular formula is C21H33ClN4O. The van der Waals surface area contributed by atoms with Gasteiger partial charge in [-0.2, -0.15) is 0 Å². The average Bonchev–Trinajstić information content (AvgIpc) is 2.62. The molecule has 0 spiro atoms. The molecule has 0 aromatic heterocycles. The number of nitrogens with zero attached hydrogens (tertiary/aromatic N) is 2. The van der Waals surface area contributed by atoms with Gasteiger partial charge in [0.25, 0.3) is 0 Å². The van der Waals surface area contributed by atoms with Gasteiger partial charge in [-0.25, -0.2) is 4.99 Å². The maximum Gasteiger partial charge on any atom is 0.198 e. The molecule has 1 aromatic carbocycles. The Kier molecular flexibility index (Phi) is 6.88. The van der Waals surface area contributed by atoms with Gasteiger partial charge in [-0.15, -0.1) is 0 Å². The van der Waals surface area contributed by atoms with Crippen LogP contribution in [0.15, 0.2) is 23.2 Å². The molecule has 1 aromatic rings. The Bertz CT molecular complexity index is 656. The Balaban J connectivity index is 1.91. The molecule has 2 aliphatic rings. The van der Waals surface area contributed by atoms with Crippen molar-refractivity contribution < 1.29 is 4.74 Å². The Morgan fingerprint density at radius 1 is 1.22 bits per heavy atom. The number of methoxy groups -OCH3 is 1. The zero-order chi connectivity index (χ0) is 19.4. The number of piperidine rings is 1. The highest BCUT2D eigenvalue weighted by Crippen LogP contribution is 2.30. The lowest BCUT2D eigenvalue weighted by Crippen LogP contribution is -2.47. The van der Waals surface area contributed by atoms with Crippen LogP contribution in [0, 0.1) is 11.8 Å². The van der Waals surface area contributed by atoms with Crippen LogP contribution in [0.1, 0.15) is 46.0 Å². The van der Waals surface area contributed by atoms with Crippen molar-refractivity contribution in [3.8, 4) is 5.75 Å². The Labute approximate surface area is 168 Å². The number of rotatable bonds is 3. The third-order valence-electron chi connectivity index (χ3n) is 5.65. The SMILES string of the molecule is COc1ccc(Cl)cc1NC(=N[C@H]1CCCC[C@@H]1N)N1CC(C)CC(C)C1. The maximum absolute atomic E-state index is 6.39. The molecule has 6 heteroatoms. The average molecular weight is 393 g/mol. The van der Waals surface area contributed by atoms with Gasteiger partial charge >= 0.3 is 0 Å². The molecule has 2 unspecified atom stereocenters. The molecule has 4 atom stereocenters. The number of guanidine groups is 1. The fraction of sp³-hybridized carbons (Fsp3) is 0.667. The summed E-state index contributed by atoms with van der Waals surface area (Å²) < 4.78 is 5.52. The summed E-state index contributed by atoms with van der Waals surface area (Å²) in [6, 6.07) is 5.92. The molecule has 150 valence electrons. The third kappa shape index (κ3) is 5.29. The van der Waals surface area contributed by atoms with Crippen molar-refractivity contribution >= 4 is 23.2 Å². The van der Waals surface area contributed by atoms with E-state index < -0.39 is 0 Å². The summed E-state index contributed by atoms with van der Waals surface area (Å²) in [7, 11) is 1.67. The predicted molar refractivity (Wildman–Crippen MR) is 114 cm³/mol. The number of ether oxygens (including phenoxy) is 1. The van der Waals surface area contributed by atoms with Crippen LogP contribution in [0.25, 0.3) is 0 Å². The molecule has 3 N–H and O–H groups in total. The zero-order valence-electron chi connectivity index (χ0n) is 16.7. The maximum atomic E-state index is 6.39. The largest absolute Gasteiger partial charge is 0.495 e. The van der Waals surface area contributed by atoms with E-state index in [0.29, 0.717) is 16.9 Å². The van der Waals surface area contributed by atoms with Crippen molar-refractivity contribution in [1.82, 2.24) is 4.90 Å². The summed E-state index contributed by atoms with van der Waals surface area (Å²) in [5.74, 6) is 2.94. The molecule has 0 amide bonds. The predicted octanol–water partition coefficient (Wildman–Crippen LogP) is 4.36. The van der Waals surface area contributed by atoms with E-state index >= 15 is 0 Å². The minimum absolute atomic E-state index is 0.136. The van der Waals surface area contributed by atoms with E-state index in [9.17, 15) is 0 Å². The summed E-state index contributed by atoms with van der Waals surface area (Å²) in [5, 5.41) is 4.20. The first kappa shape index (κ1) is 20.3. The van der Waals surface area contributed by atoms with Gasteiger partial charge in [-0.3, -0.25) is 0 Å². The number of aliphatic imine (C=N–C) groups is 1. The van der Waals surface area contributed by atoms with Crippen molar-refractivity contribution in [3.63, 3.8) is 0 Å². The fourth-order valence-corrected chi connectivity index (χ4v) is 4.56. The van der Waals surface area contributed by atoms with Crippen molar-refractivity contribution in [2.24, 2.45) is 22.6 Å². The van der Waals surface area contributed by atoms with Crippen LogP contribution in [-0.2, 0) is 0 Å². The molecule has 5 nitrogen and oxygen atoms in total. The van der Waals surface area contributed by atoms with Gasteiger partial charge in [-0.05, 0) is 49.3 Å². The molecule has 1 saturated heterocycles. The lowest BCUT2D eigenvalue weighted by Gasteiger charge is -2.38. The number of halogens is 1. The van der Waals surface area contributed by atoms with Crippen molar-refractivity contribution in [3.05, 3.63) is 23.2 Å². The Morgan fingerprint density at radius 2 is 1.93 bits per heavy atom. The topological polar surface area (TPSA) is 62.9 Å². The number of nitrogens with two attached hydrogens (primary N) is 1. The van der Waals surface area contributed by atoms with E-state index in [2.05, 4.69) is 24.1 Å². The van der Waals surface area contributed by atoms with Gasteiger partial charge < -0.3 is 20.7 Å². The van der Waals surface area contributed by atoms with E-state index in [1.807, 2.05) is 18.2 Å². The number of likely N-dealkylation sites (tertiary alicyclic amines) is 1. The molecule has 2 fully saturated rings. The van der Waals surface area contributed by atoms with E-state index in [1.54, 1.807) is 7.11 Å². The second-order valence-electron chi connectivity index (χ2n) is 8.29. The van der Waals surface area contributed by atoms with Gasteiger partial charge in [0.15, 0.2) is 5.96 Å². The van der Waals surface area contributed by atoms with Crippen molar-refractivity contribution in [1.29, 1.82) is 0 Å². The second-order valence-corrected chi connectivity index (χ2v) is 8.73. The van der Waals surface area contributed by atoms with Gasteiger partial charge in [0.2, 0.25) is 0 Å². The van der Waals surface area contributed by atoms with Crippen LogP contribution in [-0.4, -0.2) is 43.1 Å². The molecule has 1 heterocycles. The van der Waals surface area contributed by atoms with E-state index in [0.717, 1.165) is 43.3 Å². The molecule has 1 aliphatic heterocycles. The molecule has 3 rings (SSSR count). The van der Waals surface area contributed by atoms with Gasteiger partial charge in [-0.1, -0.05) is 38.3 Å². The van der Waals surface area contributed by atoms with E-state index in [4.69, 9.17) is 27.1 Å². The van der Waals surface area contributed by atoms with Crippen molar-refractivity contribution in [2.75, 3.05) is 25.5 Å². The zero-order valence-corrected chi connectivity index (χ0v) is 17.5. The smallest absolute Gasteiger partial charge is 0.198 e. The van der Waals surface area contributed by atoms with E-state index in [1.165, 1.54) is 19.3 Å². The molecule has 1 saturated carbocycles. The molecule has 0 radical (unpaired) electrons. The van der Waals surface area contributed by atoms with Gasteiger partial charge in [0.05, 0.1) is 18.8 Å². The third-order valence-corrected chi connectivity index (χ3v) is 5.88. The van der Waals surface area contributed by atoms with Crippen molar-refractivity contribution in [2.45, 2.75) is 58.0 Å². The number of hydrogen-bond acceptors (Lipinski definition) is 3. The normalized spacial score (nSPS) is 29.5. The van der Waals surface area contributed by atoms with Crippen LogP contribution in [0.5, 0.6) is 5.75 Å². The standard InChI is InChI=1S/C21H33ClN4O/c1-14-10-15(2)13-26(12-14)21(24-18-7-5-4-6-17(18)23)25-19-11-16(22)8-9-20(19)27-3/h8-9,11,14-15,17-18H,4-7,10,12-13,23H2,1-3H3,(H,24,25)/t14?,15?,17-,18-/m0/s1. The van der Waals surface area contributed by atoms with Gasteiger partial charge in [0.1, 0.15) is 5.75 Å². The highest BCUT2D eigenvalue weighted by molar-refractivity contribution is 6.31. The highest BCUT2D eigenvalue weighted by atomic mass is 35.5. The number of hydrogen-bond donors (Lipinski definition) is 2. The van der Waals surface area contributed by atoms with Crippen LogP contribution >= 0.6 is 11.6 Å². The van der Waals surface area contributed by atoms with Crippen LogP contribution in [0.2, 0.25) is 5.02 Å². The summed E-state index contributed by atoms with van der Waals surface area (Å²) in [6.07, 6.45) is 5.76. The van der Waals surface area contributed by atoms with Gasteiger partial charge in [0, 0.05) is 24.2 Å². The highest BCUT2D eigenvalue weighted by Gasteiger charge is 2.28. The summed E-state index contributed by atoms with van der Waals surface area (Å²) in [6.45, 7) is 6.63. The molecular weight excluding hydrogens is 360 g/mol. The molecule has 27 heavy (non-hydrogen) atoms. The first-order chi connectivity index (χ1) is 13.0. The first-order valence-corrected chi connectivity index (χ1v) is 10.5. The molecule has 1 aliphatic carbocycles. The first-order valence-electron chi connectivity index (χ1n) is 10.1.